The Bertz CT molecular complexity index is 651. The summed E-state index contributed by atoms with van der Waals surface area (Å²) in [5.74, 6) is 1.19. The first-order chi connectivity index (χ1) is 9.65. The molecule has 0 radical (unpaired) electrons. The molecule has 0 aliphatic carbocycles. The second kappa shape index (κ2) is 5.25. The topological polar surface area (TPSA) is 51.2 Å². The molecule has 0 saturated carbocycles. The van der Waals surface area contributed by atoms with Gasteiger partial charge in [0.2, 0.25) is 0 Å². The van der Waals surface area contributed by atoms with E-state index < -0.39 is 0 Å². The molecule has 1 aliphatic heterocycles. The van der Waals surface area contributed by atoms with E-state index in [1.54, 1.807) is 16.8 Å². The first-order valence-electron chi connectivity index (χ1n) is 6.59. The van der Waals surface area contributed by atoms with Gasteiger partial charge >= 0.3 is 0 Å². The van der Waals surface area contributed by atoms with Crippen LogP contribution in [0.25, 0.3) is 0 Å². The van der Waals surface area contributed by atoms with E-state index in [4.69, 9.17) is 4.74 Å². The van der Waals surface area contributed by atoms with Crippen LogP contribution in [0.3, 0.4) is 0 Å². The van der Waals surface area contributed by atoms with Crippen LogP contribution in [0, 0.1) is 6.92 Å². The summed E-state index contributed by atoms with van der Waals surface area (Å²) in [5, 5.41) is 2.94. The van der Waals surface area contributed by atoms with Gasteiger partial charge in [0.1, 0.15) is 5.75 Å². The maximum absolute atomic E-state index is 12.2. The Labute approximate surface area is 121 Å². The van der Waals surface area contributed by atoms with Crippen LogP contribution in [0.15, 0.2) is 23.7 Å². The van der Waals surface area contributed by atoms with Crippen LogP contribution in [0.2, 0.25) is 0 Å². The van der Waals surface area contributed by atoms with Crippen LogP contribution in [0.5, 0.6) is 5.75 Å². The Balaban J connectivity index is 1.72. The Morgan fingerprint density at radius 3 is 3.15 bits per heavy atom. The minimum Gasteiger partial charge on any atom is -0.493 e. The number of aryl methyl sites for hydroxylation is 1. The number of rotatable bonds is 3. The summed E-state index contributed by atoms with van der Waals surface area (Å²) in [4.78, 5) is 17.5. The van der Waals surface area contributed by atoms with E-state index in [0.717, 1.165) is 21.9 Å². The fourth-order valence-electron chi connectivity index (χ4n) is 2.27. The largest absolute Gasteiger partial charge is 0.493 e. The molecule has 104 valence electrons. The van der Waals surface area contributed by atoms with Crippen molar-refractivity contribution in [2.75, 3.05) is 6.61 Å². The molecule has 1 aromatic carbocycles. The van der Waals surface area contributed by atoms with Crippen molar-refractivity contribution in [2.45, 2.75) is 26.3 Å². The van der Waals surface area contributed by atoms with Gasteiger partial charge in [-0.2, -0.15) is 0 Å². The lowest BCUT2D eigenvalue weighted by atomic mass is 10.0. The maximum atomic E-state index is 12.2. The highest BCUT2D eigenvalue weighted by molar-refractivity contribution is 7.09. The highest BCUT2D eigenvalue weighted by Gasteiger charge is 2.21. The lowest BCUT2D eigenvalue weighted by Crippen LogP contribution is -2.22. The number of fused-ring (bicyclic) bond motifs is 1. The van der Waals surface area contributed by atoms with Crippen molar-refractivity contribution in [1.82, 2.24) is 10.3 Å². The van der Waals surface area contributed by atoms with Crippen molar-refractivity contribution < 1.29 is 9.53 Å². The molecule has 3 rings (SSSR count). The summed E-state index contributed by atoms with van der Waals surface area (Å²) >= 11 is 1.56. The van der Waals surface area contributed by atoms with Crippen molar-refractivity contribution in [1.29, 1.82) is 0 Å². The van der Waals surface area contributed by atoms with E-state index in [1.165, 1.54) is 0 Å². The van der Waals surface area contributed by atoms with Gasteiger partial charge in [-0.25, -0.2) is 4.98 Å². The summed E-state index contributed by atoms with van der Waals surface area (Å²) in [6.45, 7) is 5.28. The lowest BCUT2D eigenvalue weighted by Gasteiger charge is -2.07. The molecule has 4 nitrogen and oxygen atoms in total. The average Bonchev–Trinajstić information content (AvgIpc) is 3.03. The molecule has 20 heavy (non-hydrogen) atoms. The predicted octanol–water partition coefficient (Wildman–Crippen LogP) is 2.88. The number of ether oxygens (including phenoxy) is 1. The second-order valence-electron chi connectivity index (χ2n) is 5.01. The van der Waals surface area contributed by atoms with E-state index in [1.807, 2.05) is 25.1 Å². The van der Waals surface area contributed by atoms with Gasteiger partial charge in [-0.05, 0) is 25.1 Å². The van der Waals surface area contributed by atoms with Crippen LogP contribution in [0.1, 0.15) is 39.3 Å². The van der Waals surface area contributed by atoms with E-state index in [-0.39, 0.29) is 5.91 Å². The first kappa shape index (κ1) is 13.1. The molecule has 0 fully saturated rings. The summed E-state index contributed by atoms with van der Waals surface area (Å²) < 4.78 is 5.54. The standard InChI is InChI=1S/C15H16N2O2S/c1-9-7-19-13-4-3-11(5-12(9)13)15(18)16-6-14-10(2)17-8-20-14/h3-5,8-9H,6-7H2,1-2H3,(H,16,18). The number of nitrogens with one attached hydrogen (secondary N) is 1. The normalized spacial score (nSPS) is 16.6. The fourth-order valence-corrected chi connectivity index (χ4v) is 2.99. The van der Waals surface area contributed by atoms with E-state index >= 15 is 0 Å². The smallest absolute Gasteiger partial charge is 0.251 e. The van der Waals surface area contributed by atoms with Crippen molar-refractivity contribution in [3.8, 4) is 5.75 Å². The van der Waals surface area contributed by atoms with Gasteiger partial charge in [-0.1, -0.05) is 6.92 Å². The molecule has 0 saturated heterocycles. The number of carbonyl (C=O) groups excluding carboxylic acids is 1. The number of aromatic nitrogens is 1. The summed E-state index contributed by atoms with van der Waals surface area (Å²) in [7, 11) is 0. The quantitative estimate of drug-likeness (QED) is 0.945. The Morgan fingerprint density at radius 2 is 2.40 bits per heavy atom. The van der Waals surface area contributed by atoms with Gasteiger partial charge in [0.15, 0.2) is 0 Å². The number of benzene rings is 1. The molecule has 2 aromatic rings. The minimum atomic E-state index is -0.0558. The molecule has 5 heteroatoms. The van der Waals surface area contributed by atoms with Gasteiger partial charge in [0, 0.05) is 21.9 Å². The van der Waals surface area contributed by atoms with Crippen LogP contribution in [-0.4, -0.2) is 17.5 Å². The maximum Gasteiger partial charge on any atom is 0.251 e. The molecule has 1 aliphatic rings. The number of carbonyl (C=O) groups is 1. The van der Waals surface area contributed by atoms with Gasteiger partial charge < -0.3 is 10.1 Å². The second-order valence-corrected chi connectivity index (χ2v) is 5.95. The van der Waals surface area contributed by atoms with E-state index in [9.17, 15) is 4.79 Å². The lowest BCUT2D eigenvalue weighted by molar-refractivity contribution is 0.0951. The Hall–Kier alpha value is -1.88. The number of hydrogen-bond donors (Lipinski definition) is 1. The van der Waals surface area contributed by atoms with E-state index in [0.29, 0.717) is 24.6 Å². The zero-order valence-corrected chi connectivity index (χ0v) is 12.3. The molecule has 2 heterocycles. The first-order valence-corrected chi connectivity index (χ1v) is 7.47. The third-order valence-electron chi connectivity index (χ3n) is 3.55. The molecular weight excluding hydrogens is 272 g/mol. The van der Waals surface area contributed by atoms with Gasteiger partial charge in [0.05, 0.1) is 24.4 Å². The highest BCUT2D eigenvalue weighted by atomic mass is 32.1. The van der Waals surface area contributed by atoms with Gasteiger partial charge in [-0.3, -0.25) is 4.79 Å². The van der Waals surface area contributed by atoms with Gasteiger partial charge in [0.25, 0.3) is 5.91 Å². The monoisotopic (exact) mass is 288 g/mol. The molecule has 1 aromatic heterocycles. The van der Waals surface area contributed by atoms with Crippen molar-refractivity contribution in [3.63, 3.8) is 0 Å². The SMILES string of the molecule is Cc1ncsc1CNC(=O)c1ccc2c(c1)C(C)CO2. The zero-order valence-electron chi connectivity index (χ0n) is 11.5. The molecule has 1 unspecified atom stereocenters. The van der Waals surface area contributed by atoms with Crippen LogP contribution in [-0.2, 0) is 6.54 Å². The third kappa shape index (κ3) is 2.41. The molecule has 1 atom stereocenters. The fraction of sp³-hybridized carbons (Fsp3) is 0.333. The van der Waals surface area contributed by atoms with Crippen LogP contribution >= 0.6 is 11.3 Å². The molecule has 1 amide bonds. The Kier molecular flexibility index (Phi) is 3.44. The highest BCUT2D eigenvalue weighted by Crippen LogP contribution is 2.33. The summed E-state index contributed by atoms with van der Waals surface area (Å²) in [5.41, 5.74) is 4.58. The third-order valence-corrected chi connectivity index (χ3v) is 4.48. The zero-order chi connectivity index (χ0) is 14.1. The number of amides is 1. The van der Waals surface area contributed by atoms with Crippen molar-refractivity contribution >= 4 is 17.2 Å². The average molecular weight is 288 g/mol. The van der Waals surface area contributed by atoms with Crippen molar-refractivity contribution in [3.05, 3.63) is 45.4 Å². The Morgan fingerprint density at radius 1 is 1.55 bits per heavy atom. The molecule has 1 N–H and O–H groups in total. The molecule has 0 bridgehead atoms. The molecule has 0 spiro atoms. The molecular formula is C15H16N2O2S. The number of nitrogens with zero attached hydrogens (tertiary/aromatic N) is 1. The van der Waals surface area contributed by atoms with E-state index in [2.05, 4.69) is 17.2 Å². The van der Waals surface area contributed by atoms with Crippen LogP contribution in [0.4, 0.5) is 0 Å². The summed E-state index contributed by atoms with van der Waals surface area (Å²) in [6, 6.07) is 5.62. The summed E-state index contributed by atoms with van der Waals surface area (Å²) in [6.07, 6.45) is 0. The van der Waals surface area contributed by atoms with Gasteiger partial charge in [-0.15, -0.1) is 11.3 Å². The van der Waals surface area contributed by atoms with Crippen molar-refractivity contribution in [2.24, 2.45) is 0 Å². The number of hydrogen-bond acceptors (Lipinski definition) is 4. The number of thiazole rings is 1. The van der Waals surface area contributed by atoms with Crippen LogP contribution < -0.4 is 10.1 Å². The minimum absolute atomic E-state index is 0.0558. The predicted molar refractivity (Wildman–Crippen MR) is 78.4 cm³/mol.